The third kappa shape index (κ3) is 3.79. The molecular formula is C32H21Cl2N3O5. The van der Waals surface area contributed by atoms with Gasteiger partial charge in [-0.05, 0) is 46.5 Å². The summed E-state index contributed by atoms with van der Waals surface area (Å²) in [7, 11) is 0. The Bertz CT molecular complexity index is 1730. The summed E-state index contributed by atoms with van der Waals surface area (Å²) in [5.74, 6) is -4.02. The maximum absolute atomic E-state index is 14.4. The highest BCUT2D eigenvalue weighted by molar-refractivity contribution is 6.34. The largest absolute Gasteiger partial charge is 0.275 e. The Labute approximate surface area is 250 Å². The molecule has 8 nitrogen and oxygen atoms in total. The average Bonchev–Trinajstić information content (AvgIpc) is 3.26. The topological polar surface area (TPSA) is 101 Å². The van der Waals surface area contributed by atoms with Crippen LogP contribution in [0.2, 0.25) is 10.0 Å². The first kappa shape index (κ1) is 26.4. The van der Waals surface area contributed by atoms with Gasteiger partial charge in [-0.2, -0.15) is 5.01 Å². The Morgan fingerprint density at radius 3 is 1.79 bits per heavy atom. The molecule has 4 aliphatic rings. The third-order valence-corrected chi connectivity index (χ3v) is 9.13. The van der Waals surface area contributed by atoms with Crippen LogP contribution in [0.3, 0.4) is 0 Å². The zero-order valence-electron chi connectivity index (χ0n) is 21.8. The molecule has 2 bridgehead atoms. The van der Waals surface area contributed by atoms with E-state index in [4.69, 9.17) is 23.2 Å². The van der Waals surface area contributed by atoms with Gasteiger partial charge in [0.2, 0.25) is 0 Å². The summed E-state index contributed by atoms with van der Waals surface area (Å²) in [5, 5.41) is 14.1. The van der Waals surface area contributed by atoms with Crippen LogP contribution in [0.4, 0.5) is 5.69 Å². The zero-order chi connectivity index (χ0) is 29.3. The summed E-state index contributed by atoms with van der Waals surface area (Å²) < 4.78 is 0. The zero-order valence-corrected chi connectivity index (χ0v) is 23.3. The lowest BCUT2D eigenvalue weighted by Crippen LogP contribution is -2.50. The van der Waals surface area contributed by atoms with E-state index in [0.29, 0.717) is 0 Å². The molecule has 0 saturated carbocycles. The molecule has 208 valence electrons. The molecule has 3 amide bonds. The van der Waals surface area contributed by atoms with E-state index in [0.717, 1.165) is 32.3 Å². The number of nitro groups is 1. The third-order valence-electron chi connectivity index (χ3n) is 8.57. The van der Waals surface area contributed by atoms with Crippen LogP contribution in [0.15, 0.2) is 91.0 Å². The molecule has 4 aromatic carbocycles. The van der Waals surface area contributed by atoms with Crippen LogP contribution < -0.4 is 0 Å². The predicted octanol–water partition coefficient (Wildman–Crippen LogP) is 6.35. The van der Waals surface area contributed by atoms with Crippen molar-refractivity contribution in [2.45, 2.75) is 18.4 Å². The summed E-state index contributed by atoms with van der Waals surface area (Å²) in [5.41, 5.74) is 3.78. The quantitative estimate of drug-likeness (QED) is 0.151. The molecule has 0 radical (unpaired) electrons. The van der Waals surface area contributed by atoms with Gasteiger partial charge in [0, 0.05) is 22.9 Å². The molecule has 42 heavy (non-hydrogen) atoms. The molecule has 3 aliphatic carbocycles. The summed E-state index contributed by atoms with van der Waals surface area (Å²) in [4.78, 5) is 54.2. The molecule has 1 saturated heterocycles. The Balaban J connectivity index is 1.38. The van der Waals surface area contributed by atoms with Crippen molar-refractivity contribution >= 4 is 46.6 Å². The number of hydrazine groups is 1. The highest BCUT2D eigenvalue weighted by Gasteiger charge is 2.63. The molecule has 1 fully saturated rings. The van der Waals surface area contributed by atoms with Gasteiger partial charge in [0.1, 0.15) is 0 Å². The first-order chi connectivity index (χ1) is 20.3. The number of nitro benzene ring substituents is 1. The van der Waals surface area contributed by atoms with Gasteiger partial charge in [-0.3, -0.25) is 24.5 Å². The molecule has 8 rings (SSSR count). The van der Waals surface area contributed by atoms with Crippen LogP contribution in [0.5, 0.6) is 0 Å². The van der Waals surface area contributed by atoms with Gasteiger partial charge in [0.25, 0.3) is 23.4 Å². The normalized spacial score (nSPS) is 21.5. The number of nitrogens with zero attached hydrogens (tertiary/aromatic N) is 3. The number of carbonyl (C=O) groups excluding carboxylic acids is 3. The monoisotopic (exact) mass is 597 g/mol. The number of hydrogen-bond acceptors (Lipinski definition) is 5. The lowest BCUT2D eigenvalue weighted by Gasteiger charge is -2.45. The fraction of sp³-hybridized carbons (Fsp3) is 0.156. The van der Waals surface area contributed by atoms with Gasteiger partial charge in [0.15, 0.2) is 0 Å². The van der Waals surface area contributed by atoms with Crippen LogP contribution >= 0.6 is 23.2 Å². The minimum atomic E-state index is -0.742. The van der Waals surface area contributed by atoms with Crippen LogP contribution in [0.1, 0.15) is 50.0 Å². The molecule has 2 atom stereocenters. The van der Waals surface area contributed by atoms with Crippen LogP contribution in [0, 0.1) is 22.0 Å². The second-order valence-corrected chi connectivity index (χ2v) is 11.5. The fourth-order valence-electron chi connectivity index (χ4n) is 6.91. The first-order valence-electron chi connectivity index (χ1n) is 13.3. The van der Waals surface area contributed by atoms with Crippen LogP contribution in [0.25, 0.3) is 0 Å². The Kier molecular flexibility index (Phi) is 6.15. The van der Waals surface area contributed by atoms with E-state index < -0.39 is 41.0 Å². The molecule has 0 aromatic heterocycles. The second kappa shape index (κ2) is 9.79. The van der Waals surface area contributed by atoms with E-state index in [1.54, 1.807) is 12.1 Å². The molecule has 10 heteroatoms. The van der Waals surface area contributed by atoms with Crippen molar-refractivity contribution < 1.29 is 19.3 Å². The van der Waals surface area contributed by atoms with E-state index in [-0.39, 0.29) is 38.7 Å². The standard InChI is InChI=1S/C32H21Cl2N3O5/c33-18-14-13-17(25(15-18)37(41)42)16-35(30(38)23-11-5-6-12-24(23)34)36-31(39)28-26-19-7-1-2-8-20(19)27(29(28)32(36)40)22-10-4-3-9-21(22)26/h1-15,26-29H,16H2/t26?,27?,28-,29+. The molecule has 0 N–H and O–H groups in total. The number of benzene rings is 4. The van der Waals surface area contributed by atoms with Gasteiger partial charge >= 0.3 is 0 Å². The maximum atomic E-state index is 14.4. The van der Waals surface area contributed by atoms with Crippen LogP contribution in [-0.2, 0) is 16.1 Å². The van der Waals surface area contributed by atoms with E-state index >= 15 is 0 Å². The fourth-order valence-corrected chi connectivity index (χ4v) is 7.29. The number of halogens is 2. The number of carbonyl (C=O) groups is 3. The van der Waals surface area contributed by atoms with Gasteiger partial charge in [-0.1, -0.05) is 83.9 Å². The van der Waals surface area contributed by atoms with E-state index in [9.17, 15) is 24.5 Å². The molecule has 1 aliphatic heterocycles. The Morgan fingerprint density at radius 1 is 0.786 bits per heavy atom. The highest BCUT2D eigenvalue weighted by Crippen LogP contribution is 2.61. The first-order valence-corrected chi connectivity index (χ1v) is 14.1. The Hall–Kier alpha value is -4.53. The molecule has 0 spiro atoms. The van der Waals surface area contributed by atoms with Crippen molar-refractivity contribution in [2.24, 2.45) is 11.8 Å². The van der Waals surface area contributed by atoms with Gasteiger partial charge in [-0.15, -0.1) is 0 Å². The van der Waals surface area contributed by atoms with Crippen molar-refractivity contribution in [3.63, 3.8) is 0 Å². The summed E-state index contributed by atoms with van der Waals surface area (Å²) in [6, 6.07) is 26.0. The Morgan fingerprint density at radius 2 is 1.29 bits per heavy atom. The number of imide groups is 1. The summed E-state index contributed by atoms with van der Waals surface area (Å²) in [6.07, 6.45) is 0. The van der Waals surface area contributed by atoms with Gasteiger partial charge in [-0.25, -0.2) is 5.01 Å². The maximum Gasteiger partial charge on any atom is 0.275 e. The summed E-state index contributed by atoms with van der Waals surface area (Å²) >= 11 is 12.4. The van der Waals surface area contributed by atoms with E-state index in [1.807, 2.05) is 48.5 Å². The SMILES string of the molecule is O=C(c1ccccc1Cl)N(Cc1ccc(Cl)cc1[N+](=O)[O-])N1C(=O)[C@@H]2C3c4ccccc4C(c4ccccc43)[C@@H]2C1=O. The lowest BCUT2D eigenvalue weighted by molar-refractivity contribution is -0.385. The van der Waals surface area contributed by atoms with Crippen molar-refractivity contribution in [3.05, 3.63) is 145 Å². The smallest absolute Gasteiger partial charge is 0.272 e. The minimum absolute atomic E-state index is 0.0563. The number of hydrogen-bond donors (Lipinski definition) is 0. The van der Waals surface area contributed by atoms with Crippen LogP contribution in [-0.4, -0.2) is 32.7 Å². The van der Waals surface area contributed by atoms with Crippen molar-refractivity contribution in [1.82, 2.24) is 10.0 Å². The predicted molar refractivity (Wildman–Crippen MR) is 155 cm³/mol. The van der Waals surface area contributed by atoms with Gasteiger partial charge < -0.3 is 0 Å². The summed E-state index contributed by atoms with van der Waals surface area (Å²) in [6.45, 7) is -0.427. The number of amides is 3. The second-order valence-electron chi connectivity index (χ2n) is 10.6. The molecule has 0 unspecified atom stereocenters. The van der Waals surface area contributed by atoms with E-state index in [2.05, 4.69) is 0 Å². The lowest BCUT2D eigenvalue weighted by atomic mass is 9.55. The molecule has 1 heterocycles. The van der Waals surface area contributed by atoms with Crippen molar-refractivity contribution in [2.75, 3.05) is 0 Å². The van der Waals surface area contributed by atoms with Crippen molar-refractivity contribution in [3.8, 4) is 0 Å². The van der Waals surface area contributed by atoms with E-state index in [1.165, 1.54) is 30.3 Å². The van der Waals surface area contributed by atoms with Crippen molar-refractivity contribution in [1.29, 1.82) is 0 Å². The molecular weight excluding hydrogens is 577 g/mol. The highest BCUT2D eigenvalue weighted by atomic mass is 35.5. The average molecular weight is 598 g/mol. The molecule has 4 aromatic rings. The number of rotatable bonds is 5. The minimum Gasteiger partial charge on any atom is -0.272 e. The van der Waals surface area contributed by atoms with Gasteiger partial charge in [0.05, 0.1) is 39.5 Å².